The summed E-state index contributed by atoms with van der Waals surface area (Å²) in [5.41, 5.74) is 4.35. The molecule has 2 atom stereocenters. The van der Waals surface area contributed by atoms with E-state index in [4.69, 9.17) is 4.74 Å². The fraction of sp³-hybridized carbons (Fsp3) is 0.150. The summed E-state index contributed by atoms with van der Waals surface area (Å²) in [4.78, 5) is 10.8. The van der Waals surface area contributed by atoms with Gasteiger partial charge in [0, 0.05) is 12.5 Å². The van der Waals surface area contributed by atoms with Gasteiger partial charge in [0.05, 0.1) is 6.10 Å². The van der Waals surface area contributed by atoms with E-state index >= 15 is 0 Å². The summed E-state index contributed by atoms with van der Waals surface area (Å²) in [6.45, 7) is 1.43. The summed E-state index contributed by atoms with van der Waals surface area (Å²) < 4.78 is 5.11. The molecule has 0 bridgehead atoms. The van der Waals surface area contributed by atoms with Crippen molar-refractivity contribution in [1.82, 2.24) is 0 Å². The molecule has 0 aromatic heterocycles. The molecule has 2 aromatic carbocycles. The summed E-state index contributed by atoms with van der Waals surface area (Å²) >= 11 is 0. The van der Waals surface area contributed by atoms with E-state index < -0.39 is 0 Å². The van der Waals surface area contributed by atoms with Crippen LogP contribution in [0.4, 0.5) is 0 Å². The Kier molecular flexibility index (Phi) is 4.40. The Bertz CT molecular complexity index is 774. The monoisotopic (exact) mass is 306 g/mol. The van der Waals surface area contributed by atoms with Gasteiger partial charge in [-0.1, -0.05) is 66.8 Å². The second-order valence-corrected chi connectivity index (χ2v) is 5.45. The van der Waals surface area contributed by atoms with E-state index in [-0.39, 0.29) is 18.2 Å². The molecule has 0 saturated heterocycles. The maximum Gasteiger partial charge on any atom is 0.303 e. The van der Waals surface area contributed by atoms with Gasteiger partial charge < -0.3 is 9.84 Å². The molecule has 0 radical (unpaired) electrons. The van der Waals surface area contributed by atoms with E-state index in [9.17, 15) is 9.90 Å². The molecule has 2 aliphatic rings. The molecule has 2 aliphatic carbocycles. The third kappa shape index (κ3) is 3.41. The van der Waals surface area contributed by atoms with Gasteiger partial charge >= 0.3 is 5.97 Å². The van der Waals surface area contributed by atoms with Gasteiger partial charge in [0.2, 0.25) is 0 Å². The molecule has 0 fully saturated rings. The number of hydrogen-bond acceptors (Lipinski definition) is 3. The Hall–Kier alpha value is -2.65. The quantitative estimate of drug-likeness (QED) is 0.808. The average molecular weight is 306 g/mol. The van der Waals surface area contributed by atoms with Gasteiger partial charge in [0.15, 0.2) is 0 Å². The first-order valence-electron chi connectivity index (χ1n) is 7.54. The predicted molar refractivity (Wildman–Crippen MR) is 90.4 cm³/mol. The van der Waals surface area contributed by atoms with Crippen LogP contribution in [-0.4, -0.2) is 11.1 Å². The van der Waals surface area contributed by atoms with Gasteiger partial charge in [-0.3, -0.25) is 4.79 Å². The van der Waals surface area contributed by atoms with Crippen LogP contribution in [0.2, 0.25) is 0 Å². The van der Waals surface area contributed by atoms with Gasteiger partial charge in [-0.05, 0) is 22.8 Å². The molecule has 0 spiro atoms. The molecule has 3 nitrogen and oxygen atoms in total. The molecule has 0 aliphatic heterocycles. The van der Waals surface area contributed by atoms with Crippen LogP contribution < -0.4 is 0 Å². The highest BCUT2D eigenvalue weighted by molar-refractivity contribution is 5.69. The van der Waals surface area contributed by atoms with Crippen LogP contribution in [0.15, 0.2) is 60.7 Å². The molecule has 0 amide bonds. The molecule has 1 unspecified atom stereocenters. The number of esters is 1. The normalized spacial score (nSPS) is 19.6. The standard InChI is InChI=1S/C11H10O2.C9H8O/c1-8(12)13-11-7-6-9-4-2-3-5-10(9)11;10-9-6-5-7-3-1-2-4-8(7)9/h2-7,11H,1H3;1-6,9-10H/t;9-/m.1/s1. The molecular weight excluding hydrogens is 288 g/mol. The number of benzene rings is 2. The lowest BCUT2D eigenvalue weighted by molar-refractivity contribution is -0.144. The van der Waals surface area contributed by atoms with Crippen LogP contribution in [0.25, 0.3) is 12.2 Å². The summed E-state index contributed by atoms with van der Waals surface area (Å²) in [5, 5.41) is 9.29. The number of carbonyl (C=O) groups is 1. The molecule has 0 heterocycles. The first-order valence-corrected chi connectivity index (χ1v) is 7.54. The summed E-state index contributed by atoms with van der Waals surface area (Å²) in [6.07, 6.45) is 7.05. The van der Waals surface area contributed by atoms with E-state index in [2.05, 4.69) is 0 Å². The molecule has 2 aromatic rings. The van der Waals surface area contributed by atoms with Crippen LogP contribution in [0, 0.1) is 0 Å². The van der Waals surface area contributed by atoms with E-state index in [0.717, 1.165) is 22.3 Å². The van der Waals surface area contributed by atoms with E-state index in [1.807, 2.05) is 66.8 Å². The lowest BCUT2D eigenvalue weighted by Gasteiger charge is -2.10. The number of ether oxygens (including phenoxy) is 1. The third-order valence-electron chi connectivity index (χ3n) is 3.82. The Morgan fingerprint density at radius 3 is 2.13 bits per heavy atom. The maximum atomic E-state index is 10.8. The molecule has 23 heavy (non-hydrogen) atoms. The molecule has 116 valence electrons. The van der Waals surface area contributed by atoms with E-state index in [0.29, 0.717) is 0 Å². The highest BCUT2D eigenvalue weighted by atomic mass is 16.5. The molecule has 1 N–H and O–H groups in total. The minimum Gasteiger partial charge on any atom is -0.453 e. The fourth-order valence-corrected chi connectivity index (χ4v) is 2.73. The highest BCUT2D eigenvalue weighted by Crippen LogP contribution is 2.30. The Morgan fingerprint density at radius 2 is 1.48 bits per heavy atom. The van der Waals surface area contributed by atoms with Crippen LogP contribution in [0.3, 0.4) is 0 Å². The highest BCUT2D eigenvalue weighted by Gasteiger charge is 2.18. The van der Waals surface area contributed by atoms with Gasteiger partial charge in [0.25, 0.3) is 0 Å². The second kappa shape index (κ2) is 6.63. The smallest absolute Gasteiger partial charge is 0.303 e. The minimum absolute atomic E-state index is 0.186. The number of aliphatic hydroxyl groups is 1. The summed E-state index contributed by atoms with van der Waals surface area (Å²) in [6, 6.07) is 15.8. The fourth-order valence-electron chi connectivity index (χ4n) is 2.73. The van der Waals surface area contributed by atoms with E-state index in [1.54, 1.807) is 6.08 Å². The van der Waals surface area contributed by atoms with Gasteiger partial charge in [-0.15, -0.1) is 0 Å². The van der Waals surface area contributed by atoms with Gasteiger partial charge in [-0.2, -0.15) is 0 Å². The van der Waals surface area contributed by atoms with Crippen molar-refractivity contribution in [3.63, 3.8) is 0 Å². The minimum atomic E-state index is -0.379. The lowest BCUT2D eigenvalue weighted by Crippen LogP contribution is -2.04. The zero-order chi connectivity index (χ0) is 16.2. The number of carbonyl (C=O) groups excluding carboxylic acids is 1. The lowest BCUT2D eigenvalue weighted by atomic mass is 10.1. The number of fused-ring (bicyclic) bond motifs is 2. The van der Waals surface area contributed by atoms with Crippen molar-refractivity contribution in [2.75, 3.05) is 0 Å². The van der Waals surface area contributed by atoms with Gasteiger partial charge in [0.1, 0.15) is 6.10 Å². The van der Waals surface area contributed by atoms with Crippen molar-refractivity contribution in [3.05, 3.63) is 82.9 Å². The molecule has 4 rings (SSSR count). The largest absolute Gasteiger partial charge is 0.453 e. The third-order valence-corrected chi connectivity index (χ3v) is 3.82. The summed E-state index contributed by atoms with van der Waals surface area (Å²) in [5.74, 6) is -0.244. The van der Waals surface area contributed by atoms with Crippen molar-refractivity contribution in [3.8, 4) is 0 Å². The zero-order valence-electron chi connectivity index (χ0n) is 12.8. The Morgan fingerprint density at radius 1 is 0.913 bits per heavy atom. The van der Waals surface area contributed by atoms with Crippen LogP contribution in [-0.2, 0) is 9.53 Å². The zero-order valence-corrected chi connectivity index (χ0v) is 12.8. The number of hydrogen-bond donors (Lipinski definition) is 1. The maximum absolute atomic E-state index is 10.8. The van der Waals surface area contributed by atoms with Crippen molar-refractivity contribution in [1.29, 1.82) is 0 Å². The van der Waals surface area contributed by atoms with Gasteiger partial charge in [-0.25, -0.2) is 0 Å². The van der Waals surface area contributed by atoms with E-state index in [1.165, 1.54) is 6.92 Å². The summed E-state index contributed by atoms with van der Waals surface area (Å²) in [7, 11) is 0. The molecule has 0 saturated carbocycles. The first kappa shape index (κ1) is 15.3. The molecular formula is C20H18O3. The van der Waals surface area contributed by atoms with Crippen LogP contribution in [0.5, 0.6) is 0 Å². The second-order valence-electron chi connectivity index (χ2n) is 5.45. The number of aliphatic hydroxyl groups excluding tert-OH is 1. The average Bonchev–Trinajstić information content (AvgIpc) is 3.13. The Balaban J connectivity index is 0.000000140. The Labute approximate surface area is 135 Å². The predicted octanol–water partition coefficient (Wildman–Crippen LogP) is 4.06. The van der Waals surface area contributed by atoms with Crippen molar-refractivity contribution in [2.45, 2.75) is 19.1 Å². The van der Waals surface area contributed by atoms with Crippen molar-refractivity contribution < 1.29 is 14.6 Å². The van der Waals surface area contributed by atoms with Crippen molar-refractivity contribution >= 4 is 18.1 Å². The number of rotatable bonds is 1. The van der Waals surface area contributed by atoms with Crippen molar-refractivity contribution in [2.24, 2.45) is 0 Å². The molecule has 3 heteroatoms. The SMILES string of the molecule is CC(=O)OC1C=Cc2ccccc21.O[C@@H]1C=Cc2ccccc21. The van der Waals surface area contributed by atoms with Crippen LogP contribution in [0.1, 0.15) is 41.4 Å². The topological polar surface area (TPSA) is 46.5 Å². The van der Waals surface area contributed by atoms with Crippen LogP contribution >= 0.6 is 0 Å². The first-order chi connectivity index (χ1) is 11.1.